The number of aliphatic hydroxyl groups excluding tert-OH is 1. The van der Waals surface area contributed by atoms with Crippen LogP contribution >= 0.6 is 11.3 Å². The summed E-state index contributed by atoms with van der Waals surface area (Å²) in [5.74, 6) is -1.86. The van der Waals surface area contributed by atoms with Gasteiger partial charge in [0, 0.05) is 17.1 Å². The molecule has 30 heavy (non-hydrogen) atoms. The Balaban J connectivity index is 1.86. The number of aromatic nitrogens is 1. The first kappa shape index (κ1) is 19.8. The highest BCUT2D eigenvalue weighted by atomic mass is 32.1. The molecule has 0 saturated heterocycles. The van der Waals surface area contributed by atoms with E-state index in [1.54, 1.807) is 36.6 Å². The normalized spacial score (nSPS) is 16.3. The first-order valence-corrected chi connectivity index (χ1v) is 9.91. The number of aryl methyl sites for hydroxylation is 1. The van der Waals surface area contributed by atoms with Crippen LogP contribution in [0.2, 0.25) is 0 Å². The van der Waals surface area contributed by atoms with Gasteiger partial charge in [0.05, 0.1) is 18.7 Å². The maximum atomic E-state index is 14.0. The molecule has 1 atom stereocenters. The maximum Gasteiger partial charge on any atom is 0.296 e. The highest BCUT2D eigenvalue weighted by Crippen LogP contribution is 2.42. The molecule has 1 aromatic heterocycles. The lowest BCUT2D eigenvalue weighted by atomic mass is 9.92. The Morgan fingerprint density at radius 1 is 1.27 bits per heavy atom. The minimum Gasteiger partial charge on any atom is -0.503 e. The SMILES string of the molecule is COc1ccc(C(=O)C2=C(O)C(=O)N(c3nccs3)C2c2cccc(F)c2)cc1C. The zero-order chi connectivity index (χ0) is 21.4. The molecule has 2 aromatic carbocycles. The number of aliphatic hydroxyl groups is 1. The second-order valence-corrected chi connectivity index (χ2v) is 7.60. The molecule has 1 amide bonds. The number of benzene rings is 2. The van der Waals surface area contributed by atoms with Crippen LogP contribution < -0.4 is 9.64 Å². The lowest BCUT2D eigenvalue weighted by molar-refractivity contribution is -0.117. The molecule has 0 bridgehead atoms. The van der Waals surface area contributed by atoms with Gasteiger partial charge in [0.2, 0.25) is 0 Å². The molecule has 1 aliphatic rings. The number of Topliss-reactive ketones (excluding diaryl/α,β-unsaturated/α-hetero) is 1. The Hall–Kier alpha value is -3.52. The molecular weight excluding hydrogens is 407 g/mol. The third-order valence-corrected chi connectivity index (χ3v) is 5.67. The van der Waals surface area contributed by atoms with Crippen LogP contribution in [-0.4, -0.2) is 28.9 Å². The number of ketones is 1. The molecule has 8 heteroatoms. The fraction of sp³-hybridized carbons (Fsp3) is 0.136. The molecule has 0 spiro atoms. The standard InChI is InChI=1S/C22H17FN2O4S/c1-12-10-14(6-7-16(12)29-2)19(26)17-18(13-4-3-5-15(23)11-13)25(21(28)20(17)27)22-24-8-9-30-22/h3-11,18,27H,1-2H3. The number of methoxy groups -OCH3 is 1. The van der Waals surface area contributed by atoms with Crippen molar-refractivity contribution < 1.29 is 23.8 Å². The molecule has 4 rings (SSSR count). The van der Waals surface area contributed by atoms with Crippen LogP contribution in [0.1, 0.15) is 27.5 Å². The zero-order valence-electron chi connectivity index (χ0n) is 16.1. The second-order valence-electron chi connectivity index (χ2n) is 6.72. The minimum absolute atomic E-state index is 0.120. The number of ether oxygens (including phenoxy) is 1. The van der Waals surface area contributed by atoms with Crippen LogP contribution in [0.25, 0.3) is 0 Å². The molecule has 1 aliphatic heterocycles. The van der Waals surface area contributed by atoms with Crippen molar-refractivity contribution >= 4 is 28.2 Å². The summed E-state index contributed by atoms with van der Waals surface area (Å²) >= 11 is 1.18. The van der Waals surface area contributed by atoms with Crippen LogP contribution in [0.5, 0.6) is 5.75 Å². The fourth-order valence-electron chi connectivity index (χ4n) is 3.54. The van der Waals surface area contributed by atoms with Crippen LogP contribution in [0.4, 0.5) is 9.52 Å². The Morgan fingerprint density at radius 3 is 2.70 bits per heavy atom. The average Bonchev–Trinajstić information content (AvgIpc) is 3.34. The highest BCUT2D eigenvalue weighted by Gasteiger charge is 2.45. The van der Waals surface area contributed by atoms with E-state index in [0.29, 0.717) is 16.4 Å². The van der Waals surface area contributed by atoms with Gasteiger partial charge in [-0.15, -0.1) is 11.3 Å². The fourth-order valence-corrected chi connectivity index (χ4v) is 4.20. The van der Waals surface area contributed by atoms with Gasteiger partial charge in [-0.1, -0.05) is 12.1 Å². The number of halogens is 1. The summed E-state index contributed by atoms with van der Waals surface area (Å²) in [6, 6.07) is 9.43. The quantitative estimate of drug-likeness (QED) is 0.615. The van der Waals surface area contributed by atoms with E-state index in [-0.39, 0.29) is 11.1 Å². The van der Waals surface area contributed by atoms with E-state index in [0.717, 1.165) is 5.56 Å². The third kappa shape index (κ3) is 3.25. The summed E-state index contributed by atoms with van der Waals surface area (Å²) in [5.41, 5.74) is 1.25. The summed E-state index contributed by atoms with van der Waals surface area (Å²) < 4.78 is 19.2. The molecule has 0 saturated carbocycles. The minimum atomic E-state index is -1.01. The number of rotatable bonds is 5. The van der Waals surface area contributed by atoms with E-state index < -0.39 is 29.3 Å². The summed E-state index contributed by atoms with van der Waals surface area (Å²) in [4.78, 5) is 31.7. The van der Waals surface area contributed by atoms with E-state index in [1.165, 1.54) is 47.7 Å². The van der Waals surface area contributed by atoms with Gasteiger partial charge >= 0.3 is 0 Å². The summed E-state index contributed by atoms with van der Waals surface area (Å²) in [6.45, 7) is 1.79. The Kier molecular flexibility index (Phi) is 5.09. The Morgan fingerprint density at radius 2 is 2.07 bits per heavy atom. The number of anilines is 1. The van der Waals surface area contributed by atoms with Crippen LogP contribution in [0.15, 0.2) is 65.4 Å². The Bertz CT molecular complexity index is 1170. The highest BCUT2D eigenvalue weighted by molar-refractivity contribution is 7.13. The summed E-state index contributed by atoms with van der Waals surface area (Å²) in [5, 5.41) is 12.6. The number of carbonyl (C=O) groups is 2. The van der Waals surface area contributed by atoms with Crippen molar-refractivity contribution in [1.82, 2.24) is 4.98 Å². The lowest BCUT2D eigenvalue weighted by Gasteiger charge is -2.24. The number of hydrogen-bond donors (Lipinski definition) is 1. The van der Waals surface area contributed by atoms with Crippen LogP contribution in [0.3, 0.4) is 0 Å². The molecule has 152 valence electrons. The van der Waals surface area contributed by atoms with Crippen molar-refractivity contribution in [2.75, 3.05) is 12.0 Å². The predicted molar refractivity (Wildman–Crippen MR) is 110 cm³/mol. The topological polar surface area (TPSA) is 79.7 Å². The molecule has 3 aromatic rings. The van der Waals surface area contributed by atoms with E-state index in [2.05, 4.69) is 4.98 Å². The first-order valence-electron chi connectivity index (χ1n) is 9.03. The van der Waals surface area contributed by atoms with Crippen molar-refractivity contribution in [1.29, 1.82) is 0 Å². The molecule has 0 radical (unpaired) electrons. The maximum absolute atomic E-state index is 14.0. The van der Waals surface area contributed by atoms with Gasteiger partial charge < -0.3 is 9.84 Å². The molecular formula is C22H17FN2O4S. The van der Waals surface area contributed by atoms with Crippen molar-refractivity contribution in [3.63, 3.8) is 0 Å². The third-order valence-electron chi connectivity index (χ3n) is 4.90. The van der Waals surface area contributed by atoms with Crippen molar-refractivity contribution in [2.45, 2.75) is 13.0 Å². The molecule has 0 fully saturated rings. The smallest absolute Gasteiger partial charge is 0.296 e. The number of nitrogens with zero attached hydrogens (tertiary/aromatic N) is 2. The van der Waals surface area contributed by atoms with Gasteiger partial charge in [0.15, 0.2) is 16.7 Å². The van der Waals surface area contributed by atoms with Crippen molar-refractivity contribution in [2.24, 2.45) is 0 Å². The van der Waals surface area contributed by atoms with Gasteiger partial charge in [-0.3, -0.25) is 14.5 Å². The Labute approximate surface area is 175 Å². The number of hydrogen-bond acceptors (Lipinski definition) is 6. The largest absolute Gasteiger partial charge is 0.503 e. The van der Waals surface area contributed by atoms with E-state index >= 15 is 0 Å². The van der Waals surface area contributed by atoms with Crippen molar-refractivity contribution in [3.05, 3.63) is 87.9 Å². The number of amides is 1. The number of carbonyl (C=O) groups excluding carboxylic acids is 2. The average molecular weight is 424 g/mol. The first-order chi connectivity index (χ1) is 14.4. The molecule has 1 unspecified atom stereocenters. The molecule has 2 heterocycles. The van der Waals surface area contributed by atoms with Gasteiger partial charge in [0.1, 0.15) is 11.6 Å². The van der Waals surface area contributed by atoms with Crippen molar-refractivity contribution in [3.8, 4) is 5.75 Å². The van der Waals surface area contributed by atoms with Crippen LogP contribution in [-0.2, 0) is 4.79 Å². The van der Waals surface area contributed by atoms with Crippen LogP contribution in [0, 0.1) is 12.7 Å². The van der Waals surface area contributed by atoms with Gasteiger partial charge in [-0.2, -0.15) is 0 Å². The van der Waals surface area contributed by atoms with E-state index in [4.69, 9.17) is 4.74 Å². The van der Waals surface area contributed by atoms with Gasteiger partial charge in [0.25, 0.3) is 5.91 Å². The predicted octanol–water partition coefficient (Wildman–Crippen LogP) is 4.38. The molecule has 1 N–H and O–H groups in total. The second kappa shape index (κ2) is 7.72. The van der Waals surface area contributed by atoms with E-state index in [1.807, 2.05) is 0 Å². The lowest BCUT2D eigenvalue weighted by Crippen LogP contribution is -2.31. The monoisotopic (exact) mass is 424 g/mol. The number of thiazole rings is 1. The van der Waals surface area contributed by atoms with Gasteiger partial charge in [-0.05, 0) is 48.4 Å². The summed E-state index contributed by atoms with van der Waals surface area (Å²) in [6.07, 6.45) is 1.51. The summed E-state index contributed by atoms with van der Waals surface area (Å²) in [7, 11) is 1.53. The zero-order valence-corrected chi connectivity index (χ0v) is 16.9. The molecule has 0 aliphatic carbocycles. The van der Waals surface area contributed by atoms with Gasteiger partial charge in [-0.25, -0.2) is 9.37 Å². The van der Waals surface area contributed by atoms with E-state index in [9.17, 15) is 19.1 Å². The molecule has 6 nitrogen and oxygen atoms in total.